The molecule has 28 heavy (non-hydrogen) atoms. The molecule has 0 N–H and O–H groups in total. The zero-order valence-corrected chi connectivity index (χ0v) is 44.2. The molecular weight excluding hydrogens is 1130 g/mol. The summed E-state index contributed by atoms with van der Waals surface area (Å²) in [5.74, 6) is 0. The molecule has 0 aromatic rings. The second-order valence-corrected chi connectivity index (χ2v) is 17.0. The van der Waals surface area contributed by atoms with E-state index in [1.54, 1.807) is 0 Å². The van der Waals surface area contributed by atoms with Gasteiger partial charge in [-0.05, 0) is 0 Å². The summed E-state index contributed by atoms with van der Waals surface area (Å²) < 4.78 is 66.9. The molecule has 6 rings (SSSR count). The van der Waals surface area contributed by atoms with E-state index in [9.17, 15) is 0 Å². The fraction of sp³-hybridized carbons (Fsp3) is 0. The second-order valence-electron chi connectivity index (χ2n) is 3.22. The Morgan fingerprint density at radius 2 is 0.250 bits per heavy atom. The molecule has 0 unspecified atom stereocenters. The van der Waals surface area contributed by atoms with E-state index in [1.807, 2.05) is 0 Å². The minimum Gasteiger partial charge on any atom is -0.369 e. The fourth-order valence-electron chi connectivity index (χ4n) is 1.32. The summed E-state index contributed by atoms with van der Waals surface area (Å²) in [6, 6.07) is 0. The molecule has 0 aromatic heterocycles. The predicted molar refractivity (Wildman–Crippen MR) is 59.1 cm³/mol. The van der Waals surface area contributed by atoms with Crippen LogP contribution in [-0.2, 0) is 311 Å². The molecule has 128 valence electrons. The van der Waals surface area contributed by atoms with E-state index < -0.39 is 76.2 Å². The Bertz CT molecular complexity index is 263. The van der Waals surface area contributed by atoms with Gasteiger partial charge in [0, 0.05) is 262 Å². The summed E-state index contributed by atoms with van der Waals surface area (Å²) in [4.78, 5) is 0. The van der Waals surface area contributed by atoms with E-state index in [1.165, 1.54) is 0 Å². The van der Waals surface area contributed by atoms with Gasteiger partial charge in [0.2, 0.25) is 0 Å². The first-order valence-corrected chi connectivity index (χ1v) is 14.7. The molecule has 6 aliphatic rings. The van der Waals surface area contributed by atoms with E-state index in [2.05, 4.69) is 0 Å². The van der Waals surface area contributed by atoms with Crippen LogP contribution in [0.4, 0.5) is 0 Å². The summed E-state index contributed by atoms with van der Waals surface area (Å²) >= 11 is 0. The van der Waals surface area contributed by atoms with Gasteiger partial charge >= 0.3 is 76.2 Å². The Kier molecular flexibility index (Phi) is 36.6. The third-order valence-corrected chi connectivity index (χ3v) is 18.0. The van der Waals surface area contributed by atoms with Gasteiger partial charge in [-0.25, -0.2) is 0 Å². The Morgan fingerprint density at radius 3 is 0.321 bits per heavy atom. The molecule has 0 aliphatic carbocycles. The zero-order valence-electron chi connectivity index (χ0n) is 13.5. The van der Waals surface area contributed by atoms with Crippen LogP contribution in [0.5, 0.6) is 0 Å². The number of hydrogen-bond acceptors (Lipinski definition) is 12. The SMILES string of the molecule is O1[Si]2O[Si]3O[Si]4O[Si]1O[Si]1O[Si](O2)O[Si](O3)O[Si](O4)O1.[Y].[Y].[Y].[Y].[Y].[Y].[Y].[Y]. The predicted octanol–water partition coefficient (Wildman–Crippen LogP) is -3.89. The van der Waals surface area contributed by atoms with Crippen LogP contribution < -0.4 is 0 Å². The largest absolute Gasteiger partial charge is 0.553 e. The quantitative estimate of drug-likeness (QED) is 0.222. The van der Waals surface area contributed by atoms with Gasteiger partial charge in [-0.15, -0.1) is 0 Å². The smallest absolute Gasteiger partial charge is 0.369 e. The molecular formula is O12Si8Y8. The van der Waals surface area contributed by atoms with Crippen molar-refractivity contribution < 1.29 is 311 Å². The van der Waals surface area contributed by atoms with Crippen molar-refractivity contribution in [1.29, 1.82) is 0 Å². The maximum absolute atomic E-state index is 5.57. The average molecular weight is 1130 g/mol. The van der Waals surface area contributed by atoms with Gasteiger partial charge in [-0.1, -0.05) is 0 Å². The van der Waals surface area contributed by atoms with Crippen molar-refractivity contribution in [3.8, 4) is 0 Å². The number of rotatable bonds is 0. The summed E-state index contributed by atoms with van der Waals surface area (Å²) in [7, 11) is -17.5. The Morgan fingerprint density at radius 1 is 0.179 bits per heavy atom. The Hall–Kier alpha value is 10.1. The van der Waals surface area contributed by atoms with Gasteiger partial charge in [0.15, 0.2) is 0 Å². The second kappa shape index (κ2) is 22.7. The van der Waals surface area contributed by atoms with Gasteiger partial charge in [-0.2, -0.15) is 0 Å². The first kappa shape index (κ1) is 45.1. The van der Waals surface area contributed by atoms with Crippen LogP contribution in [0.3, 0.4) is 0 Å². The normalized spacial score (nSPS) is 25.7. The van der Waals surface area contributed by atoms with Crippen LogP contribution in [-0.4, -0.2) is 76.2 Å². The van der Waals surface area contributed by atoms with Crippen molar-refractivity contribution in [1.82, 2.24) is 0 Å². The molecule has 0 amide bonds. The first-order valence-electron chi connectivity index (χ1n) is 4.90. The molecule has 0 atom stereocenters. The topological polar surface area (TPSA) is 111 Å². The van der Waals surface area contributed by atoms with E-state index in [4.69, 9.17) is 49.4 Å². The van der Waals surface area contributed by atoms with E-state index in [-0.39, 0.29) is 262 Å². The maximum atomic E-state index is 5.57. The molecule has 6 heterocycles. The van der Waals surface area contributed by atoms with Crippen LogP contribution in [0.1, 0.15) is 0 Å². The summed E-state index contributed by atoms with van der Waals surface area (Å²) in [5, 5.41) is 0. The maximum Gasteiger partial charge on any atom is 0.553 e. The summed E-state index contributed by atoms with van der Waals surface area (Å²) in [6.07, 6.45) is 0. The van der Waals surface area contributed by atoms with Crippen LogP contribution in [0, 0.1) is 0 Å². The number of hydrogen-bond donors (Lipinski definition) is 0. The molecule has 12 nitrogen and oxygen atoms in total. The van der Waals surface area contributed by atoms with Gasteiger partial charge in [-0.3, -0.25) is 0 Å². The first-order chi connectivity index (χ1) is 9.80. The molecule has 0 spiro atoms. The molecule has 6 saturated heterocycles. The van der Waals surface area contributed by atoms with Crippen LogP contribution >= 0.6 is 0 Å². The summed E-state index contributed by atoms with van der Waals surface area (Å²) in [5.41, 5.74) is 0. The minimum atomic E-state index is -2.18. The molecule has 0 saturated carbocycles. The summed E-state index contributed by atoms with van der Waals surface area (Å²) in [6.45, 7) is 0. The van der Waals surface area contributed by atoms with Crippen LogP contribution in [0.15, 0.2) is 0 Å². The Labute approximate surface area is 377 Å². The van der Waals surface area contributed by atoms with Gasteiger partial charge < -0.3 is 49.4 Å². The van der Waals surface area contributed by atoms with Crippen molar-refractivity contribution in [3.05, 3.63) is 0 Å². The van der Waals surface area contributed by atoms with Crippen molar-refractivity contribution in [2.75, 3.05) is 0 Å². The molecule has 28 heteroatoms. The van der Waals surface area contributed by atoms with Crippen LogP contribution in [0.2, 0.25) is 0 Å². The van der Waals surface area contributed by atoms with Crippen molar-refractivity contribution in [2.24, 2.45) is 0 Å². The molecule has 6 fully saturated rings. The van der Waals surface area contributed by atoms with Gasteiger partial charge in [0.1, 0.15) is 0 Å². The van der Waals surface area contributed by atoms with Gasteiger partial charge in [0.05, 0.1) is 0 Å². The molecule has 0 aromatic carbocycles. The monoisotopic (exact) mass is 1130 g/mol. The van der Waals surface area contributed by atoms with E-state index in [0.29, 0.717) is 0 Å². The third-order valence-electron chi connectivity index (χ3n) is 2.00. The molecule has 6 aliphatic heterocycles. The van der Waals surface area contributed by atoms with Crippen molar-refractivity contribution in [3.63, 3.8) is 0 Å². The standard InChI is InChI=1S/O12Si8.8Y/c1-13-2-15-6-17-4-14(1)5-18-7-16(3-13)9-19(8-15)12-20(10-17)11-18;;;;;;;;. The average Bonchev–Trinajstić information content (AvgIpc) is 2.18. The van der Waals surface area contributed by atoms with E-state index >= 15 is 0 Å². The zero-order chi connectivity index (χ0) is 13.1. The minimum absolute atomic E-state index is 0. The molecule has 8 bridgehead atoms. The third kappa shape index (κ3) is 13.2. The van der Waals surface area contributed by atoms with Crippen LogP contribution in [0.25, 0.3) is 0 Å². The van der Waals surface area contributed by atoms with E-state index in [0.717, 1.165) is 0 Å². The fourth-order valence-corrected chi connectivity index (χ4v) is 20.8. The Balaban J connectivity index is -0.000000360. The van der Waals surface area contributed by atoms with Gasteiger partial charge in [0.25, 0.3) is 0 Å². The molecule has 16 radical (unpaired) electrons. The van der Waals surface area contributed by atoms with Crippen molar-refractivity contribution >= 4 is 76.2 Å². The van der Waals surface area contributed by atoms with Crippen molar-refractivity contribution in [2.45, 2.75) is 0 Å².